The Morgan fingerprint density at radius 1 is 1.21 bits per heavy atom. The van der Waals surface area contributed by atoms with Gasteiger partial charge in [0.15, 0.2) is 11.3 Å². The standard InChI is InChI=1S/C23H21Cl2N5O4/c1-30(2)23-27-9-14(10-28-23)21-29-19-13(4-3-5-18(19)34-21)11-33-20-15(24)6-12(7-16(20)25)8-17(26)22(31)32/h3-7,9-10,17H,8,11,26H2,1-2H3,(H,31,32). The molecule has 34 heavy (non-hydrogen) atoms. The van der Waals surface area contributed by atoms with Gasteiger partial charge in [0.25, 0.3) is 0 Å². The van der Waals surface area contributed by atoms with Crippen LogP contribution in [0.4, 0.5) is 5.95 Å². The van der Waals surface area contributed by atoms with Crippen LogP contribution < -0.4 is 15.4 Å². The molecule has 0 radical (unpaired) electrons. The van der Waals surface area contributed by atoms with Gasteiger partial charge in [-0.15, -0.1) is 0 Å². The summed E-state index contributed by atoms with van der Waals surface area (Å²) in [5, 5.41) is 9.52. The van der Waals surface area contributed by atoms with E-state index in [-0.39, 0.29) is 28.8 Å². The molecule has 2 aromatic carbocycles. The molecule has 3 N–H and O–H groups in total. The Labute approximate surface area is 205 Å². The SMILES string of the molecule is CN(C)c1ncc(-c2nc3c(COc4c(Cl)cc(CC(N)C(=O)O)cc4Cl)cccc3o2)cn1. The lowest BCUT2D eigenvalue weighted by atomic mass is 10.1. The fourth-order valence-electron chi connectivity index (χ4n) is 3.27. The van der Waals surface area contributed by atoms with E-state index >= 15 is 0 Å². The minimum Gasteiger partial charge on any atom is -0.486 e. The number of ether oxygens (including phenoxy) is 1. The molecule has 4 aromatic rings. The molecule has 0 aliphatic rings. The van der Waals surface area contributed by atoms with Gasteiger partial charge in [-0.25, -0.2) is 15.0 Å². The van der Waals surface area contributed by atoms with Crippen LogP contribution in [0.15, 0.2) is 47.1 Å². The van der Waals surface area contributed by atoms with Crippen molar-refractivity contribution >= 4 is 46.2 Å². The maximum Gasteiger partial charge on any atom is 0.320 e. The summed E-state index contributed by atoms with van der Waals surface area (Å²) < 4.78 is 11.8. The summed E-state index contributed by atoms with van der Waals surface area (Å²) in [6, 6.07) is 7.64. The number of para-hydroxylation sites is 1. The van der Waals surface area contributed by atoms with E-state index in [0.717, 1.165) is 5.56 Å². The van der Waals surface area contributed by atoms with Gasteiger partial charge in [0.05, 0.1) is 15.6 Å². The van der Waals surface area contributed by atoms with E-state index in [0.29, 0.717) is 34.1 Å². The lowest BCUT2D eigenvalue weighted by molar-refractivity contribution is -0.138. The molecule has 176 valence electrons. The third-order valence-corrected chi connectivity index (χ3v) is 5.55. The zero-order valence-electron chi connectivity index (χ0n) is 18.3. The van der Waals surface area contributed by atoms with Crippen LogP contribution in [0.2, 0.25) is 10.0 Å². The zero-order valence-corrected chi connectivity index (χ0v) is 19.8. The first-order valence-corrected chi connectivity index (χ1v) is 11.0. The molecular weight excluding hydrogens is 481 g/mol. The number of carboxylic acids is 1. The van der Waals surface area contributed by atoms with E-state index < -0.39 is 12.0 Å². The van der Waals surface area contributed by atoms with Crippen molar-refractivity contribution in [2.75, 3.05) is 19.0 Å². The Morgan fingerprint density at radius 2 is 1.88 bits per heavy atom. The molecule has 11 heteroatoms. The second kappa shape index (κ2) is 9.84. The number of carbonyl (C=O) groups is 1. The summed E-state index contributed by atoms with van der Waals surface area (Å²) >= 11 is 12.7. The number of rotatable bonds is 8. The third-order valence-electron chi connectivity index (χ3n) is 4.99. The molecule has 9 nitrogen and oxygen atoms in total. The van der Waals surface area contributed by atoms with Crippen LogP contribution in [0.3, 0.4) is 0 Å². The molecule has 1 unspecified atom stereocenters. The fourth-order valence-corrected chi connectivity index (χ4v) is 3.91. The highest BCUT2D eigenvalue weighted by atomic mass is 35.5. The maximum absolute atomic E-state index is 11.0. The first kappa shape index (κ1) is 23.7. The number of aliphatic carboxylic acids is 1. The van der Waals surface area contributed by atoms with Crippen molar-refractivity contribution < 1.29 is 19.1 Å². The molecule has 1 atom stereocenters. The number of halogens is 2. The summed E-state index contributed by atoms with van der Waals surface area (Å²) in [5.41, 5.74) is 8.83. The number of nitrogens with zero attached hydrogens (tertiary/aromatic N) is 4. The molecule has 2 aromatic heterocycles. The van der Waals surface area contributed by atoms with Gasteiger partial charge in [-0.3, -0.25) is 4.79 Å². The molecular formula is C23H21Cl2N5O4. The van der Waals surface area contributed by atoms with Gasteiger partial charge in [0.1, 0.15) is 18.2 Å². The van der Waals surface area contributed by atoms with Crippen LogP contribution in [-0.2, 0) is 17.8 Å². The molecule has 0 saturated carbocycles. The molecule has 0 aliphatic carbocycles. The molecule has 0 bridgehead atoms. The van der Waals surface area contributed by atoms with Crippen LogP contribution >= 0.6 is 23.2 Å². The first-order valence-electron chi connectivity index (χ1n) is 10.2. The summed E-state index contributed by atoms with van der Waals surface area (Å²) in [6.45, 7) is 0.132. The van der Waals surface area contributed by atoms with Crippen LogP contribution in [0.5, 0.6) is 5.75 Å². The van der Waals surface area contributed by atoms with Crippen molar-refractivity contribution in [2.24, 2.45) is 5.73 Å². The van der Waals surface area contributed by atoms with Crippen LogP contribution in [-0.4, -0.2) is 46.2 Å². The van der Waals surface area contributed by atoms with Gasteiger partial charge in [0.2, 0.25) is 11.8 Å². The number of fused-ring (bicyclic) bond motifs is 1. The van der Waals surface area contributed by atoms with E-state index in [1.165, 1.54) is 0 Å². The Bertz CT molecular complexity index is 1320. The van der Waals surface area contributed by atoms with Gasteiger partial charge in [0, 0.05) is 32.1 Å². The number of nitrogens with two attached hydrogens (primary N) is 1. The largest absolute Gasteiger partial charge is 0.486 e. The van der Waals surface area contributed by atoms with E-state index in [1.54, 1.807) is 29.4 Å². The Kier molecular flexibility index (Phi) is 6.87. The maximum atomic E-state index is 11.0. The lowest BCUT2D eigenvalue weighted by Gasteiger charge is -2.13. The highest BCUT2D eigenvalue weighted by Gasteiger charge is 2.17. The van der Waals surface area contributed by atoms with Crippen LogP contribution in [0.1, 0.15) is 11.1 Å². The average molecular weight is 502 g/mol. The topological polar surface area (TPSA) is 128 Å². The minimum absolute atomic E-state index is 0.0926. The molecule has 0 spiro atoms. The molecule has 0 amide bonds. The molecule has 0 aliphatic heterocycles. The summed E-state index contributed by atoms with van der Waals surface area (Å²) in [7, 11) is 3.72. The smallest absolute Gasteiger partial charge is 0.320 e. The molecule has 2 heterocycles. The number of carboxylic acid groups (broad SMARTS) is 1. The van der Waals surface area contributed by atoms with Gasteiger partial charge in [-0.05, 0) is 30.2 Å². The quantitative estimate of drug-likeness (QED) is 0.365. The van der Waals surface area contributed by atoms with E-state index in [9.17, 15) is 4.79 Å². The van der Waals surface area contributed by atoms with Gasteiger partial charge < -0.3 is 24.9 Å². The summed E-state index contributed by atoms with van der Waals surface area (Å²) in [5.74, 6) is 0.152. The predicted octanol–water partition coefficient (Wildman–Crippen LogP) is 4.19. The van der Waals surface area contributed by atoms with Gasteiger partial charge in [-0.2, -0.15) is 0 Å². The number of benzene rings is 2. The first-order chi connectivity index (χ1) is 16.2. The zero-order chi connectivity index (χ0) is 24.4. The molecule has 0 fully saturated rings. The number of aromatic nitrogens is 3. The van der Waals surface area contributed by atoms with E-state index in [4.69, 9.17) is 43.2 Å². The Hall–Kier alpha value is -3.40. The van der Waals surface area contributed by atoms with E-state index in [1.807, 2.05) is 32.3 Å². The summed E-state index contributed by atoms with van der Waals surface area (Å²) in [4.78, 5) is 26.0. The normalized spacial score (nSPS) is 12.0. The van der Waals surface area contributed by atoms with Crippen molar-refractivity contribution in [1.29, 1.82) is 0 Å². The van der Waals surface area contributed by atoms with Gasteiger partial charge in [-0.1, -0.05) is 35.3 Å². The average Bonchev–Trinajstić information content (AvgIpc) is 3.23. The third kappa shape index (κ3) is 5.06. The second-order valence-electron chi connectivity index (χ2n) is 7.78. The molecule has 0 saturated heterocycles. The Balaban J connectivity index is 1.55. The number of oxazole rings is 1. The second-order valence-corrected chi connectivity index (χ2v) is 8.59. The number of hydrogen-bond acceptors (Lipinski definition) is 8. The van der Waals surface area contributed by atoms with E-state index in [2.05, 4.69) is 15.0 Å². The lowest BCUT2D eigenvalue weighted by Crippen LogP contribution is -2.32. The minimum atomic E-state index is -1.10. The van der Waals surface area contributed by atoms with Crippen molar-refractivity contribution in [3.63, 3.8) is 0 Å². The fraction of sp³-hybridized carbons (Fsp3) is 0.217. The van der Waals surface area contributed by atoms with Crippen molar-refractivity contribution in [2.45, 2.75) is 19.1 Å². The number of hydrogen-bond donors (Lipinski definition) is 2. The molecule has 4 rings (SSSR count). The summed E-state index contributed by atoms with van der Waals surface area (Å²) in [6.07, 6.45) is 3.40. The van der Waals surface area contributed by atoms with Crippen molar-refractivity contribution in [3.8, 4) is 17.2 Å². The highest BCUT2D eigenvalue weighted by Crippen LogP contribution is 2.36. The number of anilines is 1. The highest BCUT2D eigenvalue weighted by molar-refractivity contribution is 6.37. The van der Waals surface area contributed by atoms with Crippen molar-refractivity contribution in [3.05, 3.63) is 63.9 Å². The van der Waals surface area contributed by atoms with Crippen molar-refractivity contribution in [1.82, 2.24) is 15.0 Å². The van der Waals surface area contributed by atoms with Crippen LogP contribution in [0, 0.1) is 0 Å². The monoisotopic (exact) mass is 501 g/mol. The predicted molar refractivity (Wildman–Crippen MR) is 129 cm³/mol. The Morgan fingerprint density at radius 3 is 2.50 bits per heavy atom. The van der Waals surface area contributed by atoms with Gasteiger partial charge >= 0.3 is 5.97 Å². The van der Waals surface area contributed by atoms with Crippen LogP contribution in [0.25, 0.3) is 22.6 Å².